The molecule has 0 unspecified atom stereocenters. The first-order valence-electron chi connectivity index (χ1n) is 10.1. The molecule has 170 valence electrons. The van der Waals surface area contributed by atoms with Gasteiger partial charge in [0, 0.05) is 5.38 Å². The van der Waals surface area contributed by atoms with Gasteiger partial charge >= 0.3 is 5.97 Å². The van der Waals surface area contributed by atoms with Gasteiger partial charge in [0.05, 0.1) is 44.8 Å². The quantitative estimate of drug-likeness (QED) is 0.386. The fourth-order valence-electron chi connectivity index (χ4n) is 2.95. The predicted molar refractivity (Wildman–Crippen MR) is 123 cm³/mol. The minimum Gasteiger partial charge on any atom is -0.493 e. The molecule has 0 aliphatic heterocycles. The first-order valence-corrected chi connectivity index (χ1v) is 11.0. The molecule has 0 bridgehead atoms. The van der Waals surface area contributed by atoms with Crippen molar-refractivity contribution in [1.82, 2.24) is 4.98 Å². The highest BCUT2D eigenvalue weighted by Gasteiger charge is 2.16. The van der Waals surface area contributed by atoms with Gasteiger partial charge in [0.2, 0.25) is 0 Å². The molecule has 1 heterocycles. The Morgan fingerprint density at radius 2 is 1.78 bits per heavy atom. The molecule has 0 saturated carbocycles. The minimum absolute atomic E-state index is 0.0511. The first-order chi connectivity index (χ1) is 15.5. The lowest BCUT2D eigenvalue weighted by Crippen LogP contribution is -2.08. The van der Waals surface area contributed by atoms with Crippen molar-refractivity contribution >= 4 is 17.3 Å². The third-order valence-corrected chi connectivity index (χ3v) is 5.43. The van der Waals surface area contributed by atoms with E-state index in [1.165, 1.54) is 18.4 Å². The van der Waals surface area contributed by atoms with Crippen molar-refractivity contribution in [2.75, 3.05) is 27.9 Å². The molecular weight excluding hydrogens is 430 g/mol. The Bertz CT molecular complexity index is 1060. The van der Waals surface area contributed by atoms with E-state index in [1.54, 1.807) is 32.4 Å². The first kappa shape index (κ1) is 23.4. The number of carbonyl (C=O) groups excluding carboxylic acids is 1. The van der Waals surface area contributed by atoms with E-state index in [9.17, 15) is 4.79 Å². The van der Waals surface area contributed by atoms with E-state index in [0.717, 1.165) is 10.6 Å². The molecule has 0 amide bonds. The maximum absolute atomic E-state index is 12.5. The van der Waals surface area contributed by atoms with Crippen molar-refractivity contribution < 1.29 is 28.5 Å². The van der Waals surface area contributed by atoms with Gasteiger partial charge in [-0.15, -0.1) is 11.3 Å². The molecule has 2 aromatic carbocycles. The van der Waals surface area contributed by atoms with Crippen molar-refractivity contribution in [2.45, 2.75) is 20.5 Å². The van der Waals surface area contributed by atoms with Gasteiger partial charge in [-0.25, -0.2) is 9.78 Å². The molecule has 0 radical (unpaired) electrons. The Balaban J connectivity index is 1.68. The summed E-state index contributed by atoms with van der Waals surface area (Å²) in [7, 11) is 4.72. The van der Waals surface area contributed by atoms with Gasteiger partial charge in [-0.2, -0.15) is 0 Å². The Labute approximate surface area is 191 Å². The molecule has 1 aromatic heterocycles. The molecule has 0 aliphatic carbocycles. The van der Waals surface area contributed by atoms with Crippen LogP contribution in [0.1, 0.15) is 29.9 Å². The van der Waals surface area contributed by atoms with Crippen LogP contribution in [0.3, 0.4) is 0 Å². The van der Waals surface area contributed by atoms with E-state index < -0.39 is 5.97 Å². The van der Waals surface area contributed by atoms with Crippen molar-refractivity contribution in [3.63, 3.8) is 0 Å². The zero-order chi connectivity index (χ0) is 23.1. The molecule has 0 spiro atoms. The lowest BCUT2D eigenvalue weighted by molar-refractivity contribution is 0.0468. The van der Waals surface area contributed by atoms with Gasteiger partial charge < -0.3 is 23.7 Å². The largest absolute Gasteiger partial charge is 0.493 e. The molecule has 0 fully saturated rings. The summed E-state index contributed by atoms with van der Waals surface area (Å²) in [6, 6.07) is 10.6. The van der Waals surface area contributed by atoms with Crippen LogP contribution in [0.25, 0.3) is 10.6 Å². The average Bonchev–Trinajstić information content (AvgIpc) is 3.29. The van der Waals surface area contributed by atoms with Crippen LogP contribution in [-0.4, -0.2) is 38.9 Å². The molecule has 0 saturated heterocycles. The summed E-state index contributed by atoms with van der Waals surface area (Å²) in [4.78, 5) is 17.1. The molecule has 0 aliphatic rings. The lowest BCUT2D eigenvalue weighted by atomic mass is 10.2. The van der Waals surface area contributed by atoms with Gasteiger partial charge in [-0.1, -0.05) is 19.9 Å². The Morgan fingerprint density at radius 1 is 1.00 bits per heavy atom. The second-order valence-corrected chi connectivity index (χ2v) is 8.19. The summed E-state index contributed by atoms with van der Waals surface area (Å²) in [6.45, 7) is 4.73. The van der Waals surface area contributed by atoms with Crippen LogP contribution in [0.5, 0.6) is 23.0 Å². The highest BCUT2D eigenvalue weighted by Crippen LogP contribution is 2.39. The van der Waals surface area contributed by atoms with E-state index in [2.05, 4.69) is 18.8 Å². The van der Waals surface area contributed by atoms with E-state index >= 15 is 0 Å². The SMILES string of the molecule is COc1cc(C(=O)OCc2csc(-c3cccc(OC)c3OC)n2)ccc1OCC(C)C. The van der Waals surface area contributed by atoms with Gasteiger partial charge in [0.1, 0.15) is 11.6 Å². The topological polar surface area (TPSA) is 76.1 Å². The summed E-state index contributed by atoms with van der Waals surface area (Å²) >= 11 is 1.44. The molecule has 0 N–H and O–H groups in total. The third kappa shape index (κ3) is 5.50. The zero-order valence-electron chi connectivity index (χ0n) is 18.8. The second-order valence-electron chi connectivity index (χ2n) is 7.33. The Kier molecular flexibility index (Phi) is 7.94. The molecule has 3 aromatic rings. The fourth-order valence-corrected chi connectivity index (χ4v) is 3.77. The maximum Gasteiger partial charge on any atom is 0.338 e. The predicted octanol–water partition coefficient (Wildman–Crippen LogP) is 5.23. The van der Waals surface area contributed by atoms with Crippen molar-refractivity contribution in [3.05, 3.63) is 53.0 Å². The van der Waals surface area contributed by atoms with Crippen molar-refractivity contribution in [3.8, 4) is 33.6 Å². The molecule has 3 rings (SSSR count). The number of carbonyl (C=O) groups is 1. The summed E-state index contributed by atoms with van der Waals surface area (Å²) in [5.74, 6) is 2.23. The smallest absolute Gasteiger partial charge is 0.338 e. The van der Waals surface area contributed by atoms with Gasteiger partial charge in [-0.05, 0) is 36.2 Å². The fraction of sp³-hybridized carbons (Fsp3) is 0.333. The molecular formula is C24H27NO6S. The van der Waals surface area contributed by atoms with E-state index in [-0.39, 0.29) is 6.61 Å². The number of nitrogens with zero attached hydrogens (tertiary/aromatic N) is 1. The van der Waals surface area contributed by atoms with Gasteiger partial charge in [0.25, 0.3) is 0 Å². The van der Waals surface area contributed by atoms with Crippen LogP contribution in [0.4, 0.5) is 0 Å². The number of esters is 1. The third-order valence-electron chi connectivity index (χ3n) is 4.51. The number of aromatic nitrogens is 1. The number of hydrogen-bond acceptors (Lipinski definition) is 8. The number of benzene rings is 2. The van der Waals surface area contributed by atoms with E-state index in [4.69, 9.17) is 23.7 Å². The average molecular weight is 458 g/mol. The number of hydrogen-bond donors (Lipinski definition) is 0. The van der Waals surface area contributed by atoms with Crippen LogP contribution < -0.4 is 18.9 Å². The van der Waals surface area contributed by atoms with Crippen molar-refractivity contribution in [2.24, 2.45) is 5.92 Å². The number of ether oxygens (including phenoxy) is 5. The summed E-state index contributed by atoms with van der Waals surface area (Å²) in [6.07, 6.45) is 0. The Morgan fingerprint density at radius 3 is 2.47 bits per heavy atom. The molecule has 0 atom stereocenters. The summed E-state index contributed by atoms with van der Waals surface area (Å²) < 4.78 is 27.4. The minimum atomic E-state index is -0.466. The van der Waals surface area contributed by atoms with E-state index in [0.29, 0.717) is 46.8 Å². The van der Waals surface area contributed by atoms with Crippen LogP contribution in [0.15, 0.2) is 41.8 Å². The molecule has 7 nitrogen and oxygen atoms in total. The molecule has 8 heteroatoms. The number of methoxy groups -OCH3 is 3. The van der Waals surface area contributed by atoms with Gasteiger partial charge in [-0.3, -0.25) is 0 Å². The standard InChI is InChI=1S/C24H27NO6S/c1-15(2)12-30-19-10-9-16(11-21(19)28-4)24(26)31-13-17-14-32-23(25-17)18-7-6-8-20(27-3)22(18)29-5/h6-11,14-15H,12-13H2,1-5H3. The maximum atomic E-state index is 12.5. The zero-order valence-corrected chi connectivity index (χ0v) is 19.7. The lowest BCUT2D eigenvalue weighted by Gasteiger charge is -2.13. The highest BCUT2D eigenvalue weighted by molar-refractivity contribution is 7.13. The number of rotatable bonds is 10. The van der Waals surface area contributed by atoms with Gasteiger partial charge in [0.15, 0.2) is 23.0 Å². The van der Waals surface area contributed by atoms with Crippen LogP contribution in [0, 0.1) is 5.92 Å². The molecule has 32 heavy (non-hydrogen) atoms. The van der Waals surface area contributed by atoms with Crippen LogP contribution in [0.2, 0.25) is 0 Å². The summed E-state index contributed by atoms with van der Waals surface area (Å²) in [5.41, 5.74) is 1.84. The highest BCUT2D eigenvalue weighted by atomic mass is 32.1. The van der Waals surface area contributed by atoms with Crippen LogP contribution >= 0.6 is 11.3 Å². The van der Waals surface area contributed by atoms with E-state index in [1.807, 2.05) is 23.6 Å². The summed E-state index contributed by atoms with van der Waals surface area (Å²) in [5, 5.41) is 2.60. The van der Waals surface area contributed by atoms with Crippen molar-refractivity contribution in [1.29, 1.82) is 0 Å². The second kappa shape index (κ2) is 10.9. The Hall–Kier alpha value is -3.26. The number of para-hydroxylation sites is 1. The number of thiazole rings is 1. The van der Waals surface area contributed by atoms with Crippen LogP contribution in [-0.2, 0) is 11.3 Å². The normalized spacial score (nSPS) is 10.7. The monoisotopic (exact) mass is 457 g/mol.